The van der Waals surface area contributed by atoms with Crippen molar-refractivity contribution in [3.05, 3.63) is 63.1 Å². The molecule has 0 saturated carbocycles. The molecule has 2 amide bonds. The Balaban J connectivity index is 2.00. The molecule has 1 N–H and O–H groups in total. The molecule has 0 aliphatic carbocycles. The largest absolute Gasteiger partial charge is 0.357 e. The number of carbonyl (C=O) groups excluding carboxylic acids is 2. The highest BCUT2D eigenvalue weighted by molar-refractivity contribution is 7.99. The van der Waals surface area contributed by atoms with E-state index >= 15 is 0 Å². The second kappa shape index (κ2) is 11.7. The van der Waals surface area contributed by atoms with Gasteiger partial charge >= 0.3 is 0 Å². The standard InChI is InChI=1S/C21H23Cl3N2O2S/c1-14(21(28)25-2)26(13-15-5-6-17(23)12-19(15)24)20(27)4-3-11-29-18-9-7-16(22)8-10-18/h5-10,12,14H,3-4,11,13H2,1-2H3,(H,25,28). The van der Waals surface area contributed by atoms with E-state index in [-0.39, 0.29) is 18.4 Å². The summed E-state index contributed by atoms with van der Waals surface area (Å²) in [6, 6.07) is 12.1. The first-order chi connectivity index (χ1) is 13.8. The lowest BCUT2D eigenvalue weighted by atomic mass is 10.1. The number of nitrogens with zero attached hydrogens (tertiary/aromatic N) is 1. The first-order valence-corrected chi connectivity index (χ1v) is 11.3. The predicted octanol–water partition coefficient (Wildman–Crippen LogP) is 5.68. The molecule has 0 aliphatic rings. The normalized spacial score (nSPS) is 11.8. The van der Waals surface area contributed by atoms with Gasteiger partial charge in [0.1, 0.15) is 6.04 Å². The number of hydrogen-bond donors (Lipinski definition) is 1. The molecule has 0 spiro atoms. The van der Waals surface area contributed by atoms with Crippen LogP contribution in [0.25, 0.3) is 0 Å². The number of thioether (sulfide) groups is 1. The van der Waals surface area contributed by atoms with E-state index in [0.29, 0.717) is 27.9 Å². The van der Waals surface area contributed by atoms with Gasteiger partial charge in [-0.1, -0.05) is 40.9 Å². The molecule has 0 aromatic heterocycles. The van der Waals surface area contributed by atoms with Crippen LogP contribution in [0, 0.1) is 0 Å². The van der Waals surface area contributed by atoms with E-state index in [1.807, 2.05) is 24.3 Å². The average molecular weight is 474 g/mol. The van der Waals surface area contributed by atoms with Crippen LogP contribution >= 0.6 is 46.6 Å². The molecule has 0 heterocycles. The summed E-state index contributed by atoms with van der Waals surface area (Å²) in [6.07, 6.45) is 1.03. The Bertz CT molecular complexity index is 846. The number of nitrogens with one attached hydrogen (secondary N) is 1. The van der Waals surface area contributed by atoms with Gasteiger partial charge < -0.3 is 10.2 Å². The van der Waals surface area contributed by atoms with Crippen LogP contribution in [-0.2, 0) is 16.1 Å². The quantitative estimate of drug-likeness (QED) is 0.376. The van der Waals surface area contributed by atoms with Gasteiger partial charge in [0.25, 0.3) is 0 Å². The molecule has 0 radical (unpaired) electrons. The van der Waals surface area contributed by atoms with Crippen LogP contribution < -0.4 is 5.32 Å². The van der Waals surface area contributed by atoms with Crippen LogP contribution in [0.4, 0.5) is 0 Å². The summed E-state index contributed by atoms with van der Waals surface area (Å²) in [7, 11) is 1.56. The molecular weight excluding hydrogens is 451 g/mol. The Kier molecular flexibility index (Phi) is 9.63. The van der Waals surface area contributed by atoms with Gasteiger partial charge in [-0.2, -0.15) is 0 Å². The van der Waals surface area contributed by atoms with E-state index in [1.54, 1.807) is 48.8 Å². The number of hydrogen-bond acceptors (Lipinski definition) is 3. The minimum Gasteiger partial charge on any atom is -0.357 e. The third-order valence-corrected chi connectivity index (χ3v) is 6.32. The van der Waals surface area contributed by atoms with Gasteiger partial charge in [0.2, 0.25) is 11.8 Å². The van der Waals surface area contributed by atoms with Crippen LogP contribution in [-0.4, -0.2) is 35.6 Å². The fourth-order valence-corrected chi connectivity index (χ4v) is 4.16. The second-order valence-corrected chi connectivity index (χ2v) is 8.90. The topological polar surface area (TPSA) is 49.4 Å². The molecule has 0 saturated heterocycles. The summed E-state index contributed by atoms with van der Waals surface area (Å²) in [5.41, 5.74) is 0.746. The van der Waals surface area contributed by atoms with Crippen molar-refractivity contribution in [2.45, 2.75) is 37.2 Å². The van der Waals surface area contributed by atoms with Crippen LogP contribution in [0.2, 0.25) is 15.1 Å². The highest BCUT2D eigenvalue weighted by Gasteiger charge is 2.25. The molecule has 0 aliphatic heterocycles. The van der Waals surface area contributed by atoms with E-state index in [9.17, 15) is 9.59 Å². The molecule has 156 valence electrons. The summed E-state index contributed by atoms with van der Waals surface area (Å²) >= 11 is 19.8. The van der Waals surface area contributed by atoms with Gasteiger partial charge in [-0.05, 0) is 61.1 Å². The Morgan fingerprint density at radius 1 is 1.07 bits per heavy atom. The van der Waals surface area contributed by atoms with E-state index in [4.69, 9.17) is 34.8 Å². The monoisotopic (exact) mass is 472 g/mol. The van der Waals surface area contributed by atoms with Crippen molar-refractivity contribution in [1.29, 1.82) is 0 Å². The van der Waals surface area contributed by atoms with Crippen LogP contribution in [0.15, 0.2) is 47.4 Å². The maximum Gasteiger partial charge on any atom is 0.242 e. The summed E-state index contributed by atoms with van der Waals surface area (Å²) in [5.74, 6) is 0.472. The van der Waals surface area contributed by atoms with E-state index in [0.717, 1.165) is 16.2 Å². The van der Waals surface area contributed by atoms with Gasteiger partial charge in [-0.25, -0.2) is 0 Å². The first-order valence-electron chi connectivity index (χ1n) is 9.15. The predicted molar refractivity (Wildman–Crippen MR) is 122 cm³/mol. The van der Waals surface area contributed by atoms with Crippen molar-refractivity contribution in [3.63, 3.8) is 0 Å². The lowest BCUT2D eigenvalue weighted by Crippen LogP contribution is -2.46. The van der Waals surface area contributed by atoms with Gasteiger partial charge in [0, 0.05) is 40.0 Å². The summed E-state index contributed by atoms with van der Waals surface area (Å²) < 4.78 is 0. The van der Waals surface area contributed by atoms with Gasteiger partial charge in [0.05, 0.1) is 0 Å². The molecule has 8 heteroatoms. The van der Waals surface area contributed by atoms with E-state index in [1.165, 1.54) is 0 Å². The molecule has 1 unspecified atom stereocenters. The molecule has 4 nitrogen and oxygen atoms in total. The number of halogens is 3. The second-order valence-electron chi connectivity index (χ2n) is 6.45. The Morgan fingerprint density at radius 2 is 1.72 bits per heavy atom. The maximum absolute atomic E-state index is 12.9. The molecule has 29 heavy (non-hydrogen) atoms. The smallest absolute Gasteiger partial charge is 0.242 e. The molecular formula is C21H23Cl3N2O2S. The molecule has 2 aromatic rings. The van der Waals surface area contributed by atoms with Crippen LogP contribution in [0.3, 0.4) is 0 Å². The van der Waals surface area contributed by atoms with Gasteiger partial charge in [0.15, 0.2) is 0 Å². The number of rotatable bonds is 9. The van der Waals surface area contributed by atoms with Crippen molar-refractivity contribution >= 4 is 58.4 Å². The zero-order chi connectivity index (χ0) is 21.4. The highest BCUT2D eigenvalue weighted by atomic mass is 35.5. The Morgan fingerprint density at radius 3 is 2.34 bits per heavy atom. The number of amides is 2. The molecule has 0 fully saturated rings. The highest BCUT2D eigenvalue weighted by Crippen LogP contribution is 2.24. The zero-order valence-corrected chi connectivity index (χ0v) is 19.3. The lowest BCUT2D eigenvalue weighted by molar-refractivity contribution is -0.140. The van der Waals surface area contributed by atoms with Crippen molar-refractivity contribution in [2.75, 3.05) is 12.8 Å². The van der Waals surface area contributed by atoms with Gasteiger partial charge in [-0.15, -0.1) is 11.8 Å². The molecule has 0 bridgehead atoms. The lowest BCUT2D eigenvalue weighted by Gasteiger charge is -2.28. The number of benzene rings is 2. The SMILES string of the molecule is CNC(=O)C(C)N(Cc1ccc(Cl)cc1Cl)C(=O)CCCSc1ccc(Cl)cc1. The fraction of sp³-hybridized carbons (Fsp3) is 0.333. The van der Waals surface area contributed by atoms with Crippen LogP contribution in [0.5, 0.6) is 0 Å². The van der Waals surface area contributed by atoms with E-state index in [2.05, 4.69) is 5.32 Å². The summed E-state index contributed by atoms with van der Waals surface area (Å²) in [4.78, 5) is 27.7. The molecule has 2 rings (SSSR count). The molecule has 1 atom stereocenters. The molecule has 2 aromatic carbocycles. The fourth-order valence-electron chi connectivity index (χ4n) is 2.71. The Hall–Kier alpha value is -1.40. The minimum atomic E-state index is -0.608. The first kappa shape index (κ1) is 23.9. The number of carbonyl (C=O) groups is 2. The minimum absolute atomic E-state index is 0.0937. The van der Waals surface area contributed by atoms with E-state index < -0.39 is 6.04 Å². The summed E-state index contributed by atoms with van der Waals surface area (Å²) in [6.45, 7) is 1.96. The maximum atomic E-state index is 12.9. The zero-order valence-electron chi connectivity index (χ0n) is 16.3. The van der Waals surface area contributed by atoms with Crippen molar-refractivity contribution in [1.82, 2.24) is 10.2 Å². The average Bonchev–Trinajstić information content (AvgIpc) is 2.70. The Labute approximate surface area is 190 Å². The van der Waals surface area contributed by atoms with Gasteiger partial charge in [-0.3, -0.25) is 9.59 Å². The van der Waals surface area contributed by atoms with Crippen molar-refractivity contribution < 1.29 is 9.59 Å². The number of likely N-dealkylation sites (N-methyl/N-ethyl adjacent to an activating group) is 1. The third kappa shape index (κ3) is 7.41. The van der Waals surface area contributed by atoms with Crippen molar-refractivity contribution in [2.24, 2.45) is 0 Å². The summed E-state index contributed by atoms with van der Waals surface area (Å²) in [5, 5.41) is 4.29. The third-order valence-electron chi connectivity index (χ3n) is 4.39. The van der Waals surface area contributed by atoms with Crippen LogP contribution in [0.1, 0.15) is 25.3 Å². The van der Waals surface area contributed by atoms with Crippen molar-refractivity contribution in [3.8, 4) is 0 Å².